The minimum atomic E-state index is -0.336. The van der Waals surface area contributed by atoms with Gasteiger partial charge in [-0.25, -0.2) is 0 Å². The van der Waals surface area contributed by atoms with Crippen LogP contribution >= 0.6 is 0 Å². The molecule has 0 fully saturated rings. The number of unbranched alkanes of at least 4 members (excludes halogenated alkanes) is 13. The molecule has 1 N–H and O–H groups in total. The lowest BCUT2D eigenvalue weighted by Gasteiger charge is -2.20. The first-order chi connectivity index (χ1) is 13.1. The summed E-state index contributed by atoms with van der Waals surface area (Å²) in [5.74, 6) is 0.879. The fourth-order valence-corrected chi connectivity index (χ4v) is 3.70. The Morgan fingerprint density at radius 3 is 1.44 bits per heavy atom. The zero-order valence-corrected chi connectivity index (χ0v) is 19.3. The van der Waals surface area contributed by atoms with Gasteiger partial charge in [0.25, 0.3) is 0 Å². The highest BCUT2D eigenvalue weighted by Gasteiger charge is 2.14. The van der Waals surface area contributed by atoms with Gasteiger partial charge in [0.05, 0.1) is 12.2 Å². The largest absolute Gasteiger partial charge is 0.391 e. The highest BCUT2D eigenvalue weighted by atomic mass is 16.5. The van der Waals surface area contributed by atoms with Crippen LogP contribution < -0.4 is 0 Å². The average molecular weight is 385 g/mol. The second-order valence-corrected chi connectivity index (χ2v) is 9.07. The predicted octanol–water partition coefficient (Wildman–Crippen LogP) is 8.06. The van der Waals surface area contributed by atoms with Crippen LogP contribution in [0.15, 0.2) is 0 Å². The van der Waals surface area contributed by atoms with E-state index in [1.165, 1.54) is 89.9 Å². The molecule has 0 amide bonds. The standard InChI is InChI=1S/C25H52O2/c1-5-6-21-25(24(4)26)27-22-19-17-15-13-11-9-7-8-10-12-14-16-18-20-23(2)3/h23-26H,5-22H2,1-4H3. The molecule has 0 rings (SSSR count). The molecule has 164 valence electrons. The van der Waals surface area contributed by atoms with E-state index in [1.54, 1.807) is 0 Å². The molecule has 2 atom stereocenters. The number of hydrogen-bond acceptors (Lipinski definition) is 2. The number of aliphatic hydroxyl groups is 1. The Balaban J connectivity index is 3.22. The van der Waals surface area contributed by atoms with Crippen molar-refractivity contribution in [3.8, 4) is 0 Å². The summed E-state index contributed by atoms with van der Waals surface area (Å²) in [6, 6.07) is 0. The van der Waals surface area contributed by atoms with E-state index in [4.69, 9.17) is 4.74 Å². The number of rotatable bonds is 21. The third kappa shape index (κ3) is 20.5. The maximum Gasteiger partial charge on any atom is 0.0831 e. The molecule has 2 nitrogen and oxygen atoms in total. The summed E-state index contributed by atoms with van der Waals surface area (Å²) in [6.07, 6.45) is 22.5. The average Bonchev–Trinajstić information content (AvgIpc) is 2.63. The Labute approximate surface area is 171 Å². The zero-order valence-electron chi connectivity index (χ0n) is 19.3. The van der Waals surface area contributed by atoms with E-state index in [1.807, 2.05) is 6.92 Å². The van der Waals surface area contributed by atoms with E-state index in [0.29, 0.717) is 0 Å². The van der Waals surface area contributed by atoms with Crippen molar-refractivity contribution in [2.45, 2.75) is 149 Å². The summed E-state index contributed by atoms with van der Waals surface area (Å²) in [5, 5.41) is 9.75. The van der Waals surface area contributed by atoms with Gasteiger partial charge in [-0.2, -0.15) is 0 Å². The third-order valence-corrected chi connectivity index (χ3v) is 5.64. The molecule has 0 aliphatic rings. The molecule has 2 unspecified atom stereocenters. The monoisotopic (exact) mass is 384 g/mol. The second-order valence-electron chi connectivity index (χ2n) is 9.07. The van der Waals surface area contributed by atoms with Gasteiger partial charge in [0.15, 0.2) is 0 Å². The van der Waals surface area contributed by atoms with Gasteiger partial charge in [-0.15, -0.1) is 0 Å². The molecule has 0 bridgehead atoms. The van der Waals surface area contributed by atoms with E-state index in [9.17, 15) is 5.11 Å². The van der Waals surface area contributed by atoms with Crippen molar-refractivity contribution in [2.24, 2.45) is 5.92 Å². The molecule has 0 aliphatic heterocycles. The molecule has 2 heteroatoms. The second kappa shape index (κ2) is 20.6. The molecule has 27 heavy (non-hydrogen) atoms. The minimum Gasteiger partial charge on any atom is -0.391 e. The summed E-state index contributed by atoms with van der Waals surface area (Å²) < 4.78 is 5.87. The quantitative estimate of drug-likeness (QED) is 0.203. The SMILES string of the molecule is CCCCC(OCCCCCCCCCCCCCCCC(C)C)C(C)O. The first-order valence-electron chi connectivity index (χ1n) is 12.4. The summed E-state index contributed by atoms with van der Waals surface area (Å²) in [5.41, 5.74) is 0. The molecule has 0 aromatic rings. The Morgan fingerprint density at radius 2 is 1.04 bits per heavy atom. The fraction of sp³-hybridized carbons (Fsp3) is 1.00. The lowest BCUT2D eigenvalue weighted by atomic mass is 10.0. The van der Waals surface area contributed by atoms with Gasteiger partial charge in [0.1, 0.15) is 0 Å². The van der Waals surface area contributed by atoms with Crippen molar-refractivity contribution in [3.63, 3.8) is 0 Å². The molecule has 0 saturated heterocycles. The Kier molecular flexibility index (Phi) is 20.6. The van der Waals surface area contributed by atoms with Crippen LogP contribution in [0.2, 0.25) is 0 Å². The predicted molar refractivity (Wildman–Crippen MR) is 120 cm³/mol. The first kappa shape index (κ1) is 26.9. The summed E-state index contributed by atoms with van der Waals surface area (Å²) >= 11 is 0. The van der Waals surface area contributed by atoms with Crippen molar-refractivity contribution in [1.29, 1.82) is 0 Å². The minimum absolute atomic E-state index is 0.0418. The van der Waals surface area contributed by atoms with Crippen molar-refractivity contribution < 1.29 is 9.84 Å². The van der Waals surface area contributed by atoms with Crippen molar-refractivity contribution in [1.82, 2.24) is 0 Å². The topological polar surface area (TPSA) is 29.5 Å². The van der Waals surface area contributed by atoms with Gasteiger partial charge >= 0.3 is 0 Å². The molecule has 0 radical (unpaired) electrons. The van der Waals surface area contributed by atoms with Crippen LogP contribution in [0.25, 0.3) is 0 Å². The molecule has 0 aromatic heterocycles. The van der Waals surface area contributed by atoms with Gasteiger partial charge < -0.3 is 9.84 Å². The van der Waals surface area contributed by atoms with Crippen LogP contribution in [-0.2, 0) is 4.74 Å². The smallest absolute Gasteiger partial charge is 0.0831 e. The van der Waals surface area contributed by atoms with Crippen LogP contribution in [-0.4, -0.2) is 23.9 Å². The summed E-state index contributed by atoms with van der Waals surface area (Å²) in [4.78, 5) is 0. The summed E-state index contributed by atoms with van der Waals surface area (Å²) in [7, 11) is 0. The zero-order chi connectivity index (χ0) is 20.2. The number of aliphatic hydroxyl groups excluding tert-OH is 1. The number of hydrogen-bond donors (Lipinski definition) is 1. The first-order valence-corrected chi connectivity index (χ1v) is 12.4. The van der Waals surface area contributed by atoms with E-state index in [-0.39, 0.29) is 12.2 Å². The summed E-state index contributed by atoms with van der Waals surface area (Å²) in [6.45, 7) is 9.52. The van der Waals surface area contributed by atoms with Gasteiger partial charge in [-0.1, -0.05) is 117 Å². The highest BCUT2D eigenvalue weighted by molar-refractivity contribution is 4.64. The van der Waals surface area contributed by atoms with Gasteiger partial charge in [-0.05, 0) is 25.7 Å². The van der Waals surface area contributed by atoms with Crippen molar-refractivity contribution in [3.05, 3.63) is 0 Å². The van der Waals surface area contributed by atoms with Gasteiger partial charge in [0.2, 0.25) is 0 Å². The van der Waals surface area contributed by atoms with Crippen LogP contribution in [0.4, 0.5) is 0 Å². The van der Waals surface area contributed by atoms with Crippen LogP contribution in [0, 0.1) is 5.92 Å². The normalized spacial score (nSPS) is 14.0. The lowest BCUT2D eigenvalue weighted by Crippen LogP contribution is -2.26. The molecule has 0 aromatic carbocycles. The maximum absolute atomic E-state index is 9.75. The van der Waals surface area contributed by atoms with E-state index in [0.717, 1.165) is 31.8 Å². The molecule has 0 spiro atoms. The highest BCUT2D eigenvalue weighted by Crippen LogP contribution is 2.15. The third-order valence-electron chi connectivity index (χ3n) is 5.64. The van der Waals surface area contributed by atoms with Crippen LogP contribution in [0.3, 0.4) is 0 Å². The number of ether oxygens (including phenoxy) is 1. The van der Waals surface area contributed by atoms with E-state index in [2.05, 4.69) is 20.8 Å². The maximum atomic E-state index is 9.75. The molecular weight excluding hydrogens is 332 g/mol. The molecular formula is C25H52O2. The van der Waals surface area contributed by atoms with E-state index >= 15 is 0 Å². The van der Waals surface area contributed by atoms with Crippen molar-refractivity contribution in [2.75, 3.05) is 6.61 Å². The Hall–Kier alpha value is -0.0800. The van der Waals surface area contributed by atoms with E-state index < -0.39 is 0 Å². The lowest BCUT2D eigenvalue weighted by molar-refractivity contribution is -0.0356. The van der Waals surface area contributed by atoms with Gasteiger partial charge in [0, 0.05) is 6.61 Å². The van der Waals surface area contributed by atoms with Crippen molar-refractivity contribution >= 4 is 0 Å². The molecule has 0 aliphatic carbocycles. The fourth-order valence-electron chi connectivity index (χ4n) is 3.70. The molecule has 0 saturated carbocycles. The molecule has 0 heterocycles. The van der Waals surface area contributed by atoms with Gasteiger partial charge in [-0.3, -0.25) is 0 Å². The Bertz CT molecular complexity index is 275. The van der Waals surface area contributed by atoms with Crippen LogP contribution in [0.1, 0.15) is 137 Å². The Morgan fingerprint density at radius 1 is 0.593 bits per heavy atom. The van der Waals surface area contributed by atoms with Crippen LogP contribution in [0.5, 0.6) is 0 Å².